The van der Waals surface area contributed by atoms with E-state index in [0.717, 1.165) is 25.9 Å². The molecule has 0 saturated carbocycles. The van der Waals surface area contributed by atoms with Crippen molar-refractivity contribution in [2.45, 2.75) is 46.2 Å². The summed E-state index contributed by atoms with van der Waals surface area (Å²) in [5, 5.41) is 8.08. The molecule has 3 heteroatoms. The summed E-state index contributed by atoms with van der Waals surface area (Å²) in [4.78, 5) is 0. The number of aromatic nitrogens is 2. The minimum absolute atomic E-state index is 0.237. The van der Waals surface area contributed by atoms with Crippen molar-refractivity contribution in [3.05, 3.63) is 53.3 Å². The van der Waals surface area contributed by atoms with Gasteiger partial charge in [-0.05, 0) is 31.9 Å². The minimum atomic E-state index is 0.237. The van der Waals surface area contributed by atoms with Crippen LogP contribution in [0.25, 0.3) is 0 Å². The number of benzene rings is 1. The Labute approximate surface area is 122 Å². The predicted molar refractivity (Wildman–Crippen MR) is 83.8 cm³/mol. The van der Waals surface area contributed by atoms with Crippen LogP contribution in [-0.2, 0) is 6.54 Å². The molecule has 0 fully saturated rings. The fourth-order valence-electron chi connectivity index (χ4n) is 2.36. The van der Waals surface area contributed by atoms with Crippen molar-refractivity contribution < 1.29 is 0 Å². The Hall–Kier alpha value is -1.61. The summed E-state index contributed by atoms with van der Waals surface area (Å²) in [6.07, 6.45) is 6.39. The molecule has 0 aliphatic carbocycles. The Morgan fingerprint density at radius 3 is 2.50 bits per heavy atom. The molecule has 20 heavy (non-hydrogen) atoms. The lowest BCUT2D eigenvalue weighted by Gasteiger charge is -2.18. The van der Waals surface area contributed by atoms with E-state index >= 15 is 0 Å². The third kappa shape index (κ3) is 3.70. The SMILES string of the molecule is CCCNC(c1ccc(C)cc1)c1cnn(CCC)c1. The third-order valence-electron chi connectivity index (χ3n) is 3.45. The van der Waals surface area contributed by atoms with Crippen LogP contribution in [0, 0.1) is 6.92 Å². The van der Waals surface area contributed by atoms with Crippen molar-refractivity contribution in [1.82, 2.24) is 15.1 Å². The first-order chi connectivity index (χ1) is 9.74. The lowest BCUT2D eigenvalue weighted by molar-refractivity contribution is 0.588. The Bertz CT molecular complexity index is 513. The molecule has 0 bridgehead atoms. The maximum atomic E-state index is 4.45. The van der Waals surface area contributed by atoms with E-state index in [1.54, 1.807) is 0 Å². The molecule has 1 atom stereocenters. The summed E-state index contributed by atoms with van der Waals surface area (Å²) < 4.78 is 2.03. The van der Waals surface area contributed by atoms with Gasteiger partial charge in [-0.25, -0.2) is 0 Å². The number of aryl methyl sites for hydroxylation is 2. The van der Waals surface area contributed by atoms with Gasteiger partial charge < -0.3 is 5.32 Å². The Morgan fingerprint density at radius 2 is 1.85 bits per heavy atom. The molecule has 1 unspecified atom stereocenters. The number of nitrogens with zero attached hydrogens (tertiary/aromatic N) is 2. The van der Waals surface area contributed by atoms with Crippen LogP contribution in [0.2, 0.25) is 0 Å². The van der Waals surface area contributed by atoms with E-state index in [-0.39, 0.29) is 6.04 Å². The summed E-state index contributed by atoms with van der Waals surface area (Å²) >= 11 is 0. The van der Waals surface area contributed by atoms with Crippen LogP contribution in [0.5, 0.6) is 0 Å². The van der Waals surface area contributed by atoms with Crippen molar-refractivity contribution in [1.29, 1.82) is 0 Å². The van der Waals surface area contributed by atoms with Crippen LogP contribution in [-0.4, -0.2) is 16.3 Å². The number of nitrogens with one attached hydrogen (secondary N) is 1. The standard InChI is InChI=1S/C17H25N3/c1-4-10-18-17(15-8-6-14(3)7-9-15)16-12-19-20(13-16)11-5-2/h6-9,12-13,17-18H,4-5,10-11H2,1-3H3. The van der Waals surface area contributed by atoms with Crippen LogP contribution in [0.3, 0.4) is 0 Å². The van der Waals surface area contributed by atoms with E-state index in [1.807, 2.05) is 10.9 Å². The van der Waals surface area contributed by atoms with Crippen LogP contribution < -0.4 is 5.32 Å². The smallest absolute Gasteiger partial charge is 0.0607 e. The molecular formula is C17H25N3. The van der Waals surface area contributed by atoms with E-state index in [2.05, 4.69) is 61.6 Å². The lowest BCUT2D eigenvalue weighted by Crippen LogP contribution is -2.22. The molecule has 3 nitrogen and oxygen atoms in total. The zero-order chi connectivity index (χ0) is 14.4. The first kappa shape index (κ1) is 14.8. The summed E-state index contributed by atoms with van der Waals surface area (Å²) in [5.74, 6) is 0. The van der Waals surface area contributed by atoms with E-state index in [4.69, 9.17) is 0 Å². The van der Waals surface area contributed by atoms with Crippen LogP contribution in [0.1, 0.15) is 49.4 Å². The van der Waals surface area contributed by atoms with Gasteiger partial charge in [-0.3, -0.25) is 4.68 Å². The van der Waals surface area contributed by atoms with Crippen molar-refractivity contribution in [2.24, 2.45) is 0 Å². The zero-order valence-corrected chi connectivity index (χ0v) is 12.8. The zero-order valence-electron chi connectivity index (χ0n) is 12.8. The Kier molecular flexibility index (Phi) is 5.36. The highest BCUT2D eigenvalue weighted by Crippen LogP contribution is 2.22. The second kappa shape index (κ2) is 7.25. The van der Waals surface area contributed by atoms with Gasteiger partial charge in [-0.2, -0.15) is 5.10 Å². The average molecular weight is 271 g/mol. The molecule has 108 valence electrons. The fraction of sp³-hybridized carbons (Fsp3) is 0.471. The van der Waals surface area contributed by atoms with Gasteiger partial charge in [0.2, 0.25) is 0 Å². The topological polar surface area (TPSA) is 29.9 Å². The molecule has 0 radical (unpaired) electrons. The van der Waals surface area contributed by atoms with Crippen LogP contribution in [0.15, 0.2) is 36.7 Å². The third-order valence-corrected chi connectivity index (χ3v) is 3.45. The lowest BCUT2D eigenvalue weighted by atomic mass is 10.0. The van der Waals surface area contributed by atoms with Crippen molar-refractivity contribution in [3.63, 3.8) is 0 Å². The van der Waals surface area contributed by atoms with Gasteiger partial charge in [-0.15, -0.1) is 0 Å². The maximum Gasteiger partial charge on any atom is 0.0607 e. The largest absolute Gasteiger partial charge is 0.306 e. The summed E-state index contributed by atoms with van der Waals surface area (Å²) in [6, 6.07) is 9.00. The highest BCUT2D eigenvalue weighted by molar-refractivity contribution is 5.31. The molecule has 2 aromatic rings. The normalized spacial score (nSPS) is 12.6. The first-order valence-corrected chi connectivity index (χ1v) is 7.57. The van der Waals surface area contributed by atoms with Crippen molar-refractivity contribution in [3.8, 4) is 0 Å². The van der Waals surface area contributed by atoms with Crippen molar-refractivity contribution in [2.75, 3.05) is 6.54 Å². The minimum Gasteiger partial charge on any atom is -0.306 e. The van der Waals surface area contributed by atoms with Crippen LogP contribution in [0.4, 0.5) is 0 Å². The van der Waals surface area contributed by atoms with Gasteiger partial charge in [0.25, 0.3) is 0 Å². The molecule has 2 rings (SSSR count). The Balaban J connectivity index is 2.23. The molecule has 1 heterocycles. The summed E-state index contributed by atoms with van der Waals surface area (Å²) in [5.41, 5.74) is 3.85. The van der Waals surface area contributed by atoms with Gasteiger partial charge in [0.15, 0.2) is 0 Å². The highest BCUT2D eigenvalue weighted by atomic mass is 15.3. The fourth-order valence-corrected chi connectivity index (χ4v) is 2.36. The summed E-state index contributed by atoms with van der Waals surface area (Å²) in [7, 11) is 0. The first-order valence-electron chi connectivity index (χ1n) is 7.57. The molecule has 1 aromatic heterocycles. The molecule has 1 aromatic carbocycles. The van der Waals surface area contributed by atoms with E-state index in [1.165, 1.54) is 16.7 Å². The predicted octanol–water partition coefficient (Wildman–Crippen LogP) is 3.69. The second-order valence-corrected chi connectivity index (χ2v) is 5.33. The van der Waals surface area contributed by atoms with Gasteiger partial charge in [0.05, 0.1) is 12.2 Å². The van der Waals surface area contributed by atoms with Gasteiger partial charge in [0, 0.05) is 18.3 Å². The number of rotatable bonds is 7. The quantitative estimate of drug-likeness (QED) is 0.832. The summed E-state index contributed by atoms with van der Waals surface area (Å²) in [6.45, 7) is 8.48. The average Bonchev–Trinajstić information content (AvgIpc) is 2.90. The molecule has 0 aliphatic heterocycles. The number of hydrogen-bond donors (Lipinski definition) is 1. The Morgan fingerprint density at radius 1 is 1.10 bits per heavy atom. The highest BCUT2D eigenvalue weighted by Gasteiger charge is 2.15. The molecular weight excluding hydrogens is 246 g/mol. The molecule has 0 saturated heterocycles. The second-order valence-electron chi connectivity index (χ2n) is 5.33. The maximum absolute atomic E-state index is 4.45. The van der Waals surface area contributed by atoms with E-state index in [9.17, 15) is 0 Å². The van der Waals surface area contributed by atoms with Gasteiger partial charge in [-0.1, -0.05) is 43.7 Å². The monoisotopic (exact) mass is 271 g/mol. The van der Waals surface area contributed by atoms with Gasteiger partial charge in [0.1, 0.15) is 0 Å². The van der Waals surface area contributed by atoms with Gasteiger partial charge >= 0.3 is 0 Å². The molecule has 1 N–H and O–H groups in total. The molecule has 0 aliphatic rings. The van der Waals surface area contributed by atoms with Crippen molar-refractivity contribution >= 4 is 0 Å². The van der Waals surface area contributed by atoms with Crippen LogP contribution >= 0.6 is 0 Å². The number of hydrogen-bond acceptors (Lipinski definition) is 2. The molecule has 0 amide bonds. The van der Waals surface area contributed by atoms with E-state index in [0.29, 0.717) is 0 Å². The van der Waals surface area contributed by atoms with E-state index < -0.39 is 0 Å². The molecule has 0 spiro atoms.